The molecule has 0 bridgehead atoms. The highest BCUT2D eigenvalue weighted by Crippen LogP contribution is 2.25. The minimum Gasteiger partial charge on any atom is -0.472 e. The topological polar surface area (TPSA) is 65.0 Å². The molecule has 0 amide bonds. The maximum Gasteiger partial charge on any atom is 0.277 e. The van der Waals surface area contributed by atoms with Crippen LogP contribution in [0.1, 0.15) is 5.56 Å². The van der Waals surface area contributed by atoms with Crippen molar-refractivity contribution in [3.8, 4) is 11.5 Å². The first-order chi connectivity index (χ1) is 8.92. The monoisotopic (exact) mass is 259 g/mol. The van der Waals surface area contributed by atoms with Crippen LogP contribution in [0.4, 0.5) is 0 Å². The first-order valence-electron chi connectivity index (χ1n) is 5.29. The number of rotatable bonds is 4. The fraction of sp³-hybridized carbons (Fsp3) is 0.0833. The average Bonchev–Trinajstić information content (AvgIpc) is 3.08. The van der Waals surface area contributed by atoms with Gasteiger partial charge in [0.15, 0.2) is 0 Å². The van der Waals surface area contributed by atoms with Crippen molar-refractivity contribution in [1.82, 2.24) is 15.2 Å². The van der Waals surface area contributed by atoms with E-state index in [9.17, 15) is 0 Å². The zero-order chi connectivity index (χ0) is 12.2. The minimum atomic E-state index is 0.473. The Hall–Kier alpha value is -2.08. The second kappa shape index (κ2) is 5.05. The van der Waals surface area contributed by atoms with Gasteiger partial charge in [0.05, 0.1) is 11.8 Å². The lowest BCUT2D eigenvalue weighted by molar-refractivity contribution is 0.465. The predicted molar refractivity (Wildman–Crippen MR) is 65.8 cm³/mol. The van der Waals surface area contributed by atoms with Gasteiger partial charge >= 0.3 is 0 Å². The molecule has 0 atom stereocenters. The van der Waals surface area contributed by atoms with Crippen molar-refractivity contribution >= 4 is 11.8 Å². The normalized spacial score (nSPS) is 10.7. The molecule has 5 nitrogen and oxygen atoms in total. The van der Waals surface area contributed by atoms with Crippen LogP contribution in [0.5, 0.6) is 0 Å². The van der Waals surface area contributed by atoms with E-state index < -0.39 is 0 Å². The second-order valence-electron chi connectivity index (χ2n) is 3.53. The van der Waals surface area contributed by atoms with Crippen molar-refractivity contribution in [3.05, 3.63) is 48.7 Å². The number of hydrogen-bond donors (Lipinski definition) is 0. The summed E-state index contributed by atoms with van der Waals surface area (Å²) in [5.74, 6) is 1.25. The molecular weight excluding hydrogens is 250 g/mol. The molecule has 0 aliphatic carbocycles. The summed E-state index contributed by atoms with van der Waals surface area (Å²) in [7, 11) is 0. The summed E-state index contributed by atoms with van der Waals surface area (Å²) in [4.78, 5) is 3.97. The molecular formula is C12H9N3O2S. The number of hydrogen-bond acceptors (Lipinski definition) is 6. The Morgan fingerprint density at radius 2 is 2.00 bits per heavy atom. The summed E-state index contributed by atoms with van der Waals surface area (Å²) in [6, 6.07) is 5.70. The highest BCUT2D eigenvalue weighted by Gasteiger charge is 2.09. The lowest BCUT2D eigenvalue weighted by Gasteiger charge is -1.95. The molecule has 0 N–H and O–H groups in total. The molecule has 0 fully saturated rings. The van der Waals surface area contributed by atoms with Crippen LogP contribution >= 0.6 is 11.8 Å². The summed E-state index contributed by atoms with van der Waals surface area (Å²) >= 11 is 1.49. The molecule has 3 heterocycles. The largest absolute Gasteiger partial charge is 0.472 e. The molecule has 0 spiro atoms. The smallest absolute Gasteiger partial charge is 0.277 e. The Kier molecular flexibility index (Phi) is 3.10. The van der Waals surface area contributed by atoms with Gasteiger partial charge in [-0.3, -0.25) is 4.98 Å². The summed E-state index contributed by atoms with van der Waals surface area (Å²) in [5, 5.41) is 8.48. The number of thioether (sulfide) groups is 1. The second-order valence-corrected chi connectivity index (χ2v) is 4.46. The van der Waals surface area contributed by atoms with E-state index >= 15 is 0 Å². The van der Waals surface area contributed by atoms with Crippen molar-refractivity contribution in [2.45, 2.75) is 11.0 Å². The Bertz CT molecular complexity index is 607. The zero-order valence-electron chi connectivity index (χ0n) is 9.31. The molecule has 0 aliphatic heterocycles. The fourth-order valence-electron chi connectivity index (χ4n) is 1.39. The zero-order valence-corrected chi connectivity index (χ0v) is 10.1. The van der Waals surface area contributed by atoms with E-state index in [1.165, 1.54) is 11.8 Å². The molecule has 0 aromatic carbocycles. The first-order valence-corrected chi connectivity index (χ1v) is 6.28. The summed E-state index contributed by atoms with van der Waals surface area (Å²) in [6.07, 6.45) is 6.68. The molecule has 0 saturated carbocycles. The van der Waals surface area contributed by atoms with Crippen molar-refractivity contribution < 1.29 is 8.83 Å². The van der Waals surface area contributed by atoms with Crippen molar-refractivity contribution in [1.29, 1.82) is 0 Å². The fourth-order valence-corrected chi connectivity index (χ4v) is 2.11. The van der Waals surface area contributed by atoms with Gasteiger partial charge in [-0.1, -0.05) is 11.8 Å². The van der Waals surface area contributed by atoms with Crippen LogP contribution in [0.2, 0.25) is 0 Å². The predicted octanol–water partition coefficient (Wildman–Crippen LogP) is 3.02. The molecule has 3 rings (SSSR count). The summed E-state index contributed by atoms with van der Waals surface area (Å²) < 4.78 is 10.5. The molecule has 0 radical (unpaired) electrons. The maximum atomic E-state index is 5.51. The van der Waals surface area contributed by atoms with Crippen LogP contribution in [0, 0.1) is 0 Å². The lowest BCUT2D eigenvalue weighted by Crippen LogP contribution is -1.80. The third-order valence-corrected chi connectivity index (χ3v) is 3.18. The van der Waals surface area contributed by atoms with Crippen LogP contribution < -0.4 is 0 Å². The van der Waals surface area contributed by atoms with Crippen molar-refractivity contribution in [3.63, 3.8) is 0 Å². The van der Waals surface area contributed by atoms with E-state index in [-0.39, 0.29) is 0 Å². The van der Waals surface area contributed by atoms with Crippen LogP contribution in [-0.2, 0) is 5.75 Å². The van der Waals surface area contributed by atoms with Gasteiger partial charge in [-0.15, -0.1) is 10.2 Å². The quantitative estimate of drug-likeness (QED) is 0.671. The Morgan fingerprint density at radius 3 is 2.78 bits per heavy atom. The van der Waals surface area contributed by atoms with E-state index in [1.807, 2.05) is 12.1 Å². The van der Waals surface area contributed by atoms with E-state index in [0.717, 1.165) is 16.9 Å². The SMILES string of the molecule is c1cc(CSc2nnc(-c3ccoc3)o2)ccn1. The Labute approximate surface area is 107 Å². The number of nitrogens with zero attached hydrogens (tertiary/aromatic N) is 3. The summed E-state index contributed by atoms with van der Waals surface area (Å²) in [6.45, 7) is 0. The van der Waals surface area contributed by atoms with Gasteiger partial charge in [0.25, 0.3) is 11.1 Å². The molecule has 0 saturated heterocycles. The van der Waals surface area contributed by atoms with E-state index in [1.54, 1.807) is 31.0 Å². The van der Waals surface area contributed by atoms with Gasteiger partial charge in [-0.25, -0.2) is 0 Å². The Morgan fingerprint density at radius 1 is 1.11 bits per heavy atom. The lowest BCUT2D eigenvalue weighted by atomic mass is 10.3. The van der Waals surface area contributed by atoms with Crippen molar-refractivity contribution in [2.24, 2.45) is 0 Å². The molecule has 0 unspecified atom stereocenters. The Balaban J connectivity index is 1.68. The molecule has 0 aliphatic rings. The maximum absolute atomic E-state index is 5.51. The third kappa shape index (κ3) is 2.43. The molecule has 90 valence electrons. The van der Waals surface area contributed by atoms with Crippen LogP contribution in [0.3, 0.4) is 0 Å². The van der Waals surface area contributed by atoms with Gasteiger partial charge in [0.1, 0.15) is 6.26 Å². The highest BCUT2D eigenvalue weighted by atomic mass is 32.2. The van der Waals surface area contributed by atoms with Gasteiger partial charge in [-0.05, 0) is 23.8 Å². The highest BCUT2D eigenvalue weighted by molar-refractivity contribution is 7.98. The average molecular weight is 259 g/mol. The molecule has 18 heavy (non-hydrogen) atoms. The van der Waals surface area contributed by atoms with Gasteiger partial charge in [0, 0.05) is 18.1 Å². The van der Waals surface area contributed by atoms with Crippen LogP contribution in [-0.4, -0.2) is 15.2 Å². The third-order valence-electron chi connectivity index (χ3n) is 2.29. The van der Waals surface area contributed by atoms with Gasteiger partial charge in [0.2, 0.25) is 0 Å². The molecule has 3 aromatic heterocycles. The number of furan rings is 1. The molecule has 3 aromatic rings. The minimum absolute atomic E-state index is 0.473. The van der Waals surface area contributed by atoms with Crippen LogP contribution in [0.25, 0.3) is 11.5 Å². The van der Waals surface area contributed by atoms with Gasteiger partial charge in [-0.2, -0.15) is 0 Å². The molecule has 6 heteroatoms. The van der Waals surface area contributed by atoms with Crippen LogP contribution in [0.15, 0.2) is 57.2 Å². The summed E-state index contributed by atoms with van der Waals surface area (Å²) in [5.41, 5.74) is 1.95. The van der Waals surface area contributed by atoms with E-state index in [2.05, 4.69) is 15.2 Å². The van der Waals surface area contributed by atoms with Gasteiger partial charge < -0.3 is 8.83 Å². The standard InChI is InChI=1S/C12H9N3O2S/c1-4-13-5-2-9(1)8-18-12-15-14-11(17-12)10-3-6-16-7-10/h1-7H,8H2. The van der Waals surface area contributed by atoms with E-state index in [0.29, 0.717) is 11.1 Å². The number of aromatic nitrogens is 3. The first kappa shape index (κ1) is 11.0. The van der Waals surface area contributed by atoms with Crippen molar-refractivity contribution in [2.75, 3.05) is 0 Å². The number of pyridine rings is 1. The van der Waals surface area contributed by atoms with E-state index in [4.69, 9.17) is 8.83 Å².